The van der Waals surface area contributed by atoms with Crippen LogP contribution in [0.2, 0.25) is 0 Å². The fraction of sp³-hybridized carbons (Fsp3) is 0.800. The number of likely N-dealkylation sites (tertiary alicyclic amines) is 1. The third kappa shape index (κ3) is 6.89. The number of amides is 6. The highest BCUT2D eigenvalue weighted by atomic mass is 16.2. The highest BCUT2D eigenvalue weighted by Gasteiger charge is 2.70. The van der Waals surface area contributed by atoms with Crippen molar-refractivity contribution in [3.05, 3.63) is 0 Å². The number of rotatable bonds is 9. The Hall–Kier alpha value is -3.18. The fourth-order valence-electron chi connectivity index (χ4n) is 6.42. The summed E-state index contributed by atoms with van der Waals surface area (Å²) in [6, 6.07) is -3.52. The third-order valence-corrected chi connectivity index (χ3v) is 9.09. The van der Waals surface area contributed by atoms with Gasteiger partial charge in [0.05, 0.1) is 6.04 Å². The summed E-state index contributed by atoms with van der Waals surface area (Å²) < 4.78 is 0. The molecule has 0 spiro atoms. The minimum atomic E-state index is -1.20. The lowest BCUT2D eigenvalue weighted by molar-refractivity contribution is -0.145. The fourth-order valence-corrected chi connectivity index (χ4v) is 6.42. The molecule has 4 rings (SSSR count). The number of piperidine rings is 1. The first-order chi connectivity index (χ1) is 19.3. The van der Waals surface area contributed by atoms with Crippen LogP contribution in [0.1, 0.15) is 81.1 Å². The maximum Gasteiger partial charge on any atom is 0.315 e. The summed E-state index contributed by atoms with van der Waals surface area (Å²) in [7, 11) is 0. The first-order valence-corrected chi connectivity index (χ1v) is 15.1. The van der Waals surface area contributed by atoms with Gasteiger partial charge in [-0.05, 0) is 69.1 Å². The molecule has 2 aliphatic carbocycles. The van der Waals surface area contributed by atoms with Crippen molar-refractivity contribution < 1.29 is 28.8 Å². The molecule has 2 heterocycles. The standard InChI is InChI=1S/C30H48N6O6/c1-28(2,3)22(34-27(42)35-29(4,5)6)26(41)36-14-17-19(30(17,7)8)20(36)24(39)33-18(13-15-11-12-31-23(15)38)21(37)25(40)32-16-9-10-16/h15-20,22H,9-14H2,1-8H3,(H,31,38)(H,32,40)(H,33,39)(H2,34,35,42)/t15-,17+,18?,19+,20+,22?/m1/s1. The number of carbonyl (C=O) groups excluding carboxylic acids is 6. The molecule has 2 unspecified atom stereocenters. The van der Waals surface area contributed by atoms with Crippen molar-refractivity contribution in [3.8, 4) is 0 Å². The second-order valence-electron chi connectivity index (χ2n) is 15.2. The Morgan fingerprint density at radius 3 is 2.17 bits per heavy atom. The van der Waals surface area contributed by atoms with Crippen LogP contribution in [0.5, 0.6) is 0 Å². The van der Waals surface area contributed by atoms with Crippen molar-refractivity contribution in [2.24, 2.45) is 28.6 Å². The molecule has 6 atom stereocenters. The first kappa shape index (κ1) is 31.7. The lowest BCUT2D eigenvalue weighted by Gasteiger charge is -2.38. The van der Waals surface area contributed by atoms with Gasteiger partial charge in [-0.25, -0.2) is 4.79 Å². The van der Waals surface area contributed by atoms with Crippen LogP contribution < -0.4 is 26.6 Å². The van der Waals surface area contributed by atoms with Gasteiger partial charge in [-0.2, -0.15) is 0 Å². The zero-order valence-corrected chi connectivity index (χ0v) is 26.2. The van der Waals surface area contributed by atoms with Crippen LogP contribution in [0.3, 0.4) is 0 Å². The second kappa shape index (κ2) is 11.1. The number of nitrogens with zero attached hydrogens (tertiary/aromatic N) is 1. The third-order valence-electron chi connectivity index (χ3n) is 9.09. The Kier molecular flexibility index (Phi) is 8.43. The normalized spacial score (nSPS) is 27.7. The Morgan fingerprint density at radius 1 is 1.00 bits per heavy atom. The number of urea groups is 1. The summed E-state index contributed by atoms with van der Waals surface area (Å²) >= 11 is 0. The van der Waals surface area contributed by atoms with Crippen LogP contribution in [0.25, 0.3) is 0 Å². The molecule has 12 heteroatoms. The van der Waals surface area contributed by atoms with E-state index >= 15 is 0 Å². The Balaban J connectivity index is 1.56. The molecule has 0 aromatic carbocycles. The summed E-state index contributed by atoms with van der Waals surface area (Å²) in [6.07, 6.45) is 2.11. The van der Waals surface area contributed by atoms with Crippen molar-refractivity contribution in [2.75, 3.05) is 13.1 Å². The van der Waals surface area contributed by atoms with E-state index in [2.05, 4.69) is 40.4 Å². The summed E-state index contributed by atoms with van der Waals surface area (Å²) in [6.45, 7) is 16.0. The van der Waals surface area contributed by atoms with Gasteiger partial charge in [-0.1, -0.05) is 34.6 Å². The number of nitrogens with one attached hydrogen (secondary N) is 5. The van der Waals surface area contributed by atoms with Gasteiger partial charge in [0.25, 0.3) is 5.91 Å². The Labute approximate surface area is 248 Å². The van der Waals surface area contributed by atoms with Gasteiger partial charge in [0, 0.05) is 30.6 Å². The van der Waals surface area contributed by atoms with Crippen molar-refractivity contribution in [1.82, 2.24) is 31.5 Å². The van der Waals surface area contributed by atoms with Gasteiger partial charge in [-0.15, -0.1) is 0 Å². The minimum Gasteiger partial charge on any atom is -0.356 e. The molecule has 4 aliphatic rings. The number of hydrogen-bond donors (Lipinski definition) is 5. The number of hydrogen-bond acceptors (Lipinski definition) is 6. The van der Waals surface area contributed by atoms with Crippen LogP contribution in [0.15, 0.2) is 0 Å². The lowest BCUT2D eigenvalue weighted by atomic mass is 9.85. The molecule has 0 radical (unpaired) electrons. The van der Waals surface area contributed by atoms with Crippen LogP contribution in [0, 0.1) is 28.6 Å². The molecule has 5 N–H and O–H groups in total. The topological polar surface area (TPSA) is 166 Å². The van der Waals surface area contributed by atoms with Gasteiger partial charge in [0.1, 0.15) is 12.1 Å². The van der Waals surface area contributed by atoms with E-state index in [0.29, 0.717) is 19.5 Å². The molecule has 0 aromatic rings. The van der Waals surface area contributed by atoms with E-state index in [1.807, 2.05) is 41.5 Å². The second-order valence-corrected chi connectivity index (χ2v) is 15.2. The Bertz CT molecular complexity index is 1150. The largest absolute Gasteiger partial charge is 0.356 e. The first-order valence-electron chi connectivity index (χ1n) is 15.1. The van der Waals surface area contributed by atoms with E-state index in [4.69, 9.17) is 0 Å². The molecule has 12 nitrogen and oxygen atoms in total. The summed E-state index contributed by atoms with van der Waals surface area (Å²) in [4.78, 5) is 80.7. The molecular weight excluding hydrogens is 540 g/mol. The highest BCUT2D eigenvalue weighted by Crippen LogP contribution is 2.65. The van der Waals surface area contributed by atoms with Crippen molar-refractivity contribution in [3.63, 3.8) is 0 Å². The summed E-state index contributed by atoms with van der Waals surface area (Å²) in [5, 5.41) is 13.9. The SMILES string of the molecule is CC(C)(C)NC(=O)NC(C(=O)N1C[C@H]2[C@@H]([C@H]1C(=O)NC(C[C@H]1CCNC1=O)C(=O)C(=O)NC1CC1)C2(C)C)C(C)(C)C. The van der Waals surface area contributed by atoms with Gasteiger partial charge in [-0.3, -0.25) is 24.0 Å². The van der Waals surface area contributed by atoms with Gasteiger partial charge in [0.2, 0.25) is 23.5 Å². The molecule has 234 valence electrons. The quantitative estimate of drug-likeness (QED) is 0.250. The zero-order valence-electron chi connectivity index (χ0n) is 26.2. The maximum atomic E-state index is 14.1. The van der Waals surface area contributed by atoms with Crippen LogP contribution in [-0.4, -0.2) is 83.1 Å². The van der Waals surface area contributed by atoms with Crippen LogP contribution in [0.4, 0.5) is 4.79 Å². The monoisotopic (exact) mass is 588 g/mol. The Morgan fingerprint density at radius 2 is 1.64 bits per heavy atom. The van der Waals surface area contributed by atoms with E-state index in [1.165, 1.54) is 4.90 Å². The molecule has 2 aliphatic heterocycles. The lowest BCUT2D eigenvalue weighted by Crippen LogP contribution is -2.62. The van der Waals surface area contributed by atoms with Crippen LogP contribution in [-0.2, 0) is 24.0 Å². The van der Waals surface area contributed by atoms with Crippen molar-refractivity contribution in [1.29, 1.82) is 0 Å². The zero-order chi connectivity index (χ0) is 31.4. The summed E-state index contributed by atoms with van der Waals surface area (Å²) in [5.41, 5.74) is -1.37. The average molecular weight is 589 g/mol. The van der Waals surface area contributed by atoms with E-state index in [9.17, 15) is 28.8 Å². The predicted octanol–water partition coefficient (Wildman–Crippen LogP) is 0.841. The molecule has 0 bridgehead atoms. The molecule has 2 saturated heterocycles. The van der Waals surface area contributed by atoms with E-state index in [0.717, 1.165) is 12.8 Å². The van der Waals surface area contributed by atoms with Gasteiger partial charge >= 0.3 is 6.03 Å². The van der Waals surface area contributed by atoms with Crippen molar-refractivity contribution in [2.45, 2.75) is 111 Å². The van der Waals surface area contributed by atoms with E-state index in [1.54, 1.807) is 0 Å². The number of Topliss-reactive ketones (excluding diaryl/α,β-unsaturated/α-hetero) is 1. The number of fused-ring (bicyclic) bond motifs is 1. The van der Waals surface area contributed by atoms with Gasteiger partial charge < -0.3 is 31.5 Å². The molecule has 0 aromatic heterocycles. The number of carbonyl (C=O) groups is 6. The molecular formula is C30H48N6O6. The minimum absolute atomic E-state index is 0.00575. The van der Waals surface area contributed by atoms with Crippen LogP contribution >= 0.6 is 0 Å². The smallest absolute Gasteiger partial charge is 0.315 e. The molecule has 4 fully saturated rings. The van der Waals surface area contributed by atoms with Gasteiger partial charge in [0.15, 0.2) is 0 Å². The highest BCUT2D eigenvalue weighted by molar-refractivity contribution is 6.38. The average Bonchev–Trinajstić information content (AvgIpc) is 3.61. The summed E-state index contributed by atoms with van der Waals surface area (Å²) in [5.74, 6) is -3.24. The van der Waals surface area contributed by atoms with Crippen molar-refractivity contribution >= 4 is 35.4 Å². The van der Waals surface area contributed by atoms with E-state index in [-0.39, 0.29) is 41.5 Å². The molecule has 42 heavy (non-hydrogen) atoms. The maximum absolute atomic E-state index is 14.1. The van der Waals surface area contributed by atoms with E-state index < -0.39 is 58.6 Å². The predicted molar refractivity (Wildman–Crippen MR) is 155 cm³/mol. The molecule has 2 saturated carbocycles. The molecule has 6 amide bonds. The number of ketones is 1.